The Hall–Kier alpha value is -2.25. The summed E-state index contributed by atoms with van der Waals surface area (Å²) in [5.74, 6) is -0.366. The molecule has 0 unspecified atom stereocenters. The third-order valence-electron chi connectivity index (χ3n) is 4.20. The molecule has 0 N–H and O–H groups in total. The van der Waals surface area contributed by atoms with Crippen molar-refractivity contribution >= 4 is 11.3 Å². The molecule has 0 fully saturated rings. The first-order chi connectivity index (χ1) is 12.2. The summed E-state index contributed by atoms with van der Waals surface area (Å²) in [5, 5.41) is 3.15. The van der Waals surface area contributed by atoms with Crippen LogP contribution in [0.2, 0.25) is 0 Å². The topological polar surface area (TPSA) is 43.2 Å². The number of aromatic nitrogens is 3. The van der Waals surface area contributed by atoms with Crippen LogP contribution >= 0.6 is 11.3 Å². The van der Waals surface area contributed by atoms with E-state index in [9.17, 15) is 4.39 Å². The fourth-order valence-corrected chi connectivity index (χ4v) is 3.92. The maximum Gasteiger partial charge on any atom is 0.250 e. The maximum absolute atomic E-state index is 13.9. The minimum Gasteiger partial charge on any atom is -0.469 e. The number of fused-ring (bicyclic) bond motifs is 1. The van der Waals surface area contributed by atoms with Gasteiger partial charge in [-0.3, -0.25) is 4.90 Å². The van der Waals surface area contributed by atoms with E-state index in [0.717, 1.165) is 23.8 Å². The molecule has 0 saturated heterocycles. The largest absolute Gasteiger partial charge is 0.469 e. The fraction of sp³-hybridized carbons (Fsp3) is 0.333. The van der Waals surface area contributed by atoms with Crippen molar-refractivity contribution in [2.45, 2.75) is 32.7 Å². The maximum atomic E-state index is 13.9. The van der Waals surface area contributed by atoms with Gasteiger partial charge in [0.15, 0.2) is 5.82 Å². The predicted octanol–water partition coefficient (Wildman–Crippen LogP) is 3.25. The Morgan fingerprint density at radius 3 is 3.04 bits per heavy atom. The smallest absolute Gasteiger partial charge is 0.250 e. The van der Waals surface area contributed by atoms with E-state index in [-0.39, 0.29) is 12.0 Å². The van der Waals surface area contributed by atoms with Gasteiger partial charge in [-0.05, 0) is 31.2 Å². The van der Waals surface area contributed by atoms with E-state index in [0.29, 0.717) is 13.1 Å². The van der Waals surface area contributed by atoms with Crippen LogP contribution in [0, 0.1) is 12.7 Å². The lowest BCUT2D eigenvalue weighted by Gasteiger charge is -2.23. The molecule has 3 aromatic rings. The van der Waals surface area contributed by atoms with Gasteiger partial charge in [0, 0.05) is 42.3 Å². The van der Waals surface area contributed by atoms with Gasteiger partial charge in [0.1, 0.15) is 11.1 Å². The van der Waals surface area contributed by atoms with E-state index in [1.54, 1.807) is 23.6 Å². The van der Waals surface area contributed by atoms with Gasteiger partial charge in [-0.15, -0.1) is 11.3 Å². The van der Waals surface area contributed by atoms with Crippen molar-refractivity contribution in [1.29, 1.82) is 0 Å². The van der Waals surface area contributed by atoms with Crippen LogP contribution in [0.3, 0.4) is 0 Å². The number of halogens is 1. The highest BCUT2D eigenvalue weighted by molar-refractivity contribution is 7.09. The zero-order valence-corrected chi connectivity index (χ0v) is 14.7. The molecule has 1 aliphatic rings. The van der Waals surface area contributed by atoms with Crippen molar-refractivity contribution in [3.05, 3.63) is 64.3 Å². The van der Waals surface area contributed by atoms with Crippen LogP contribution in [0.1, 0.15) is 16.4 Å². The normalized spacial score (nSPS) is 17.9. The van der Waals surface area contributed by atoms with Crippen molar-refractivity contribution in [2.75, 3.05) is 6.54 Å². The molecular weight excluding hydrogens is 339 g/mol. The van der Waals surface area contributed by atoms with Crippen molar-refractivity contribution in [1.82, 2.24) is 19.4 Å². The van der Waals surface area contributed by atoms with Gasteiger partial charge < -0.3 is 9.30 Å². The Labute approximate surface area is 149 Å². The molecule has 0 bridgehead atoms. The molecule has 0 amide bonds. The fourth-order valence-electron chi connectivity index (χ4n) is 3.11. The van der Waals surface area contributed by atoms with Gasteiger partial charge in [-0.25, -0.2) is 14.4 Å². The summed E-state index contributed by atoms with van der Waals surface area (Å²) >= 11 is 1.67. The molecule has 4 heterocycles. The highest BCUT2D eigenvalue weighted by atomic mass is 32.1. The van der Waals surface area contributed by atoms with Gasteiger partial charge in [0.25, 0.3) is 5.88 Å². The number of hydrogen-bond acceptors (Lipinski definition) is 5. The minimum absolute atomic E-state index is 0.0631. The number of ether oxygens (including phenoxy) is 1. The zero-order chi connectivity index (χ0) is 17.2. The summed E-state index contributed by atoms with van der Waals surface area (Å²) in [6.45, 7) is 4.94. The van der Waals surface area contributed by atoms with Gasteiger partial charge in [0.2, 0.25) is 0 Å². The minimum atomic E-state index is -0.429. The number of nitrogens with zero attached hydrogens (tertiary/aromatic N) is 4. The van der Waals surface area contributed by atoms with Gasteiger partial charge in [-0.1, -0.05) is 0 Å². The summed E-state index contributed by atoms with van der Waals surface area (Å²) in [5.41, 5.74) is 2.27. The van der Waals surface area contributed by atoms with E-state index in [1.807, 2.05) is 19.2 Å². The second-order valence-corrected chi connectivity index (χ2v) is 7.18. The molecule has 7 heteroatoms. The van der Waals surface area contributed by atoms with Crippen molar-refractivity contribution in [3.8, 4) is 5.88 Å². The third-order valence-corrected chi connectivity index (χ3v) is 5.15. The molecule has 130 valence electrons. The molecule has 25 heavy (non-hydrogen) atoms. The van der Waals surface area contributed by atoms with Gasteiger partial charge in [0.05, 0.1) is 13.1 Å². The van der Waals surface area contributed by atoms with E-state index in [1.165, 1.54) is 11.8 Å². The van der Waals surface area contributed by atoms with E-state index >= 15 is 0 Å². The quantitative estimate of drug-likeness (QED) is 0.718. The predicted molar refractivity (Wildman–Crippen MR) is 94.0 cm³/mol. The van der Waals surface area contributed by atoms with E-state index in [4.69, 9.17) is 4.74 Å². The summed E-state index contributed by atoms with van der Waals surface area (Å²) in [4.78, 5) is 10.9. The number of rotatable bonds is 4. The first kappa shape index (κ1) is 16.2. The van der Waals surface area contributed by atoms with Crippen LogP contribution < -0.4 is 4.74 Å². The monoisotopic (exact) mass is 358 g/mol. The molecule has 0 aliphatic carbocycles. The SMILES string of the molecule is Cc1csc(CN2Cc3cccn3C[C@@H](Oc3ncccc3F)C2)n1. The van der Waals surface area contributed by atoms with Gasteiger partial charge in [-0.2, -0.15) is 0 Å². The highest BCUT2D eigenvalue weighted by Gasteiger charge is 2.24. The Kier molecular flexibility index (Phi) is 4.50. The molecule has 1 aliphatic heterocycles. The van der Waals surface area contributed by atoms with Crippen LogP contribution in [0.4, 0.5) is 4.39 Å². The summed E-state index contributed by atoms with van der Waals surface area (Å²) in [6, 6.07) is 7.08. The van der Waals surface area contributed by atoms with Crippen LogP contribution in [0.5, 0.6) is 5.88 Å². The Morgan fingerprint density at radius 2 is 2.24 bits per heavy atom. The molecule has 5 nitrogen and oxygen atoms in total. The second-order valence-electron chi connectivity index (χ2n) is 6.23. The molecule has 3 aromatic heterocycles. The molecule has 0 aromatic carbocycles. The summed E-state index contributed by atoms with van der Waals surface area (Å²) < 4.78 is 22.0. The van der Waals surface area contributed by atoms with Crippen molar-refractivity contribution in [2.24, 2.45) is 0 Å². The molecule has 0 radical (unpaired) electrons. The number of thiazole rings is 1. The Morgan fingerprint density at radius 1 is 1.32 bits per heavy atom. The number of hydrogen-bond donors (Lipinski definition) is 0. The van der Waals surface area contributed by atoms with Crippen LogP contribution in [-0.4, -0.2) is 32.1 Å². The Balaban J connectivity index is 1.55. The van der Waals surface area contributed by atoms with E-state index in [2.05, 4.69) is 30.9 Å². The first-order valence-electron chi connectivity index (χ1n) is 8.22. The molecule has 4 rings (SSSR count). The second kappa shape index (κ2) is 6.93. The van der Waals surface area contributed by atoms with E-state index < -0.39 is 5.82 Å². The average molecular weight is 358 g/mol. The van der Waals surface area contributed by atoms with Crippen LogP contribution in [0.15, 0.2) is 42.0 Å². The first-order valence-corrected chi connectivity index (χ1v) is 9.10. The zero-order valence-electron chi connectivity index (χ0n) is 13.9. The number of aryl methyl sites for hydroxylation is 1. The highest BCUT2D eigenvalue weighted by Crippen LogP contribution is 2.21. The lowest BCUT2D eigenvalue weighted by molar-refractivity contribution is 0.115. The Bertz CT molecular complexity index is 862. The standard InChI is InChI=1S/C18H19FN4OS/c1-13-12-25-17(21-13)11-22-8-14-4-3-7-23(14)10-15(9-22)24-18-16(19)5-2-6-20-18/h2-7,12,15H,8-11H2,1H3/t15-/m0/s1. The van der Waals surface area contributed by atoms with Crippen molar-refractivity contribution in [3.63, 3.8) is 0 Å². The number of pyridine rings is 1. The molecule has 1 atom stereocenters. The molecule has 0 saturated carbocycles. The third kappa shape index (κ3) is 3.72. The van der Waals surface area contributed by atoms with Gasteiger partial charge >= 0.3 is 0 Å². The molecular formula is C18H19FN4OS. The van der Waals surface area contributed by atoms with Crippen LogP contribution in [-0.2, 0) is 19.6 Å². The van der Waals surface area contributed by atoms with Crippen LogP contribution in [0.25, 0.3) is 0 Å². The average Bonchev–Trinajstić information content (AvgIpc) is 3.15. The molecule has 0 spiro atoms. The lowest BCUT2D eigenvalue weighted by atomic mass is 10.3. The summed E-state index contributed by atoms with van der Waals surface area (Å²) in [7, 11) is 0. The lowest BCUT2D eigenvalue weighted by Crippen LogP contribution is -2.35. The summed E-state index contributed by atoms with van der Waals surface area (Å²) in [6.07, 6.45) is 3.41. The van der Waals surface area contributed by atoms with Crippen molar-refractivity contribution < 1.29 is 9.13 Å².